The van der Waals surface area contributed by atoms with E-state index < -0.39 is 0 Å². The fraction of sp³-hybridized carbons (Fsp3) is 0.667. The van der Waals surface area contributed by atoms with E-state index in [4.69, 9.17) is 9.84 Å². The second-order valence-electron chi connectivity index (χ2n) is 6.72. The molecule has 2 N–H and O–H groups in total. The topological polar surface area (TPSA) is 41.5 Å². The molecule has 0 bridgehead atoms. The van der Waals surface area contributed by atoms with Crippen molar-refractivity contribution in [2.45, 2.75) is 69.6 Å². The maximum Gasteiger partial charge on any atom is 0.124 e. The lowest BCUT2D eigenvalue weighted by molar-refractivity contribution is -0.00412. The van der Waals surface area contributed by atoms with E-state index in [1.165, 1.54) is 37.7 Å². The van der Waals surface area contributed by atoms with Gasteiger partial charge in [0.1, 0.15) is 11.4 Å². The van der Waals surface area contributed by atoms with Crippen LogP contribution in [0, 0.1) is 0 Å². The summed E-state index contributed by atoms with van der Waals surface area (Å²) in [5.41, 5.74) is 1.31. The van der Waals surface area contributed by atoms with Gasteiger partial charge in [-0.25, -0.2) is 0 Å². The van der Waals surface area contributed by atoms with E-state index in [2.05, 4.69) is 36.5 Å². The van der Waals surface area contributed by atoms with Gasteiger partial charge in [-0.2, -0.15) is 0 Å². The molecule has 3 nitrogen and oxygen atoms in total. The first-order chi connectivity index (χ1) is 10.2. The first kappa shape index (κ1) is 14.9. The van der Waals surface area contributed by atoms with E-state index in [0.717, 1.165) is 18.6 Å². The molecule has 21 heavy (non-hydrogen) atoms. The van der Waals surface area contributed by atoms with E-state index in [1.807, 2.05) is 0 Å². The Hall–Kier alpha value is -1.06. The van der Waals surface area contributed by atoms with Crippen LogP contribution in [-0.4, -0.2) is 23.4 Å². The highest BCUT2D eigenvalue weighted by Crippen LogP contribution is 2.46. The third-order valence-electron chi connectivity index (χ3n) is 5.01. The Kier molecular flexibility index (Phi) is 4.51. The minimum absolute atomic E-state index is 0.0310. The van der Waals surface area contributed by atoms with Crippen molar-refractivity contribution in [3.63, 3.8) is 0 Å². The molecule has 0 amide bonds. The monoisotopic (exact) mass is 289 g/mol. The molecule has 1 aliphatic heterocycles. The van der Waals surface area contributed by atoms with E-state index in [1.54, 1.807) is 0 Å². The summed E-state index contributed by atoms with van der Waals surface area (Å²) in [7, 11) is 0. The average Bonchev–Trinajstić information content (AvgIpc) is 2.48. The number of benzene rings is 1. The number of rotatable bonds is 4. The SMILES string of the molecule is C[C@H](CCO)NC1CC2(CCCCC2)Oc2ccccc21. The van der Waals surface area contributed by atoms with Gasteiger partial charge in [-0.1, -0.05) is 24.6 Å². The highest BCUT2D eigenvalue weighted by atomic mass is 16.5. The molecule has 2 atom stereocenters. The second-order valence-corrected chi connectivity index (χ2v) is 6.72. The van der Waals surface area contributed by atoms with Crippen LogP contribution in [-0.2, 0) is 0 Å². The summed E-state index contributed by atoms with van der Waals surface area (Å²) in [6, 6.07) is 9.10. The highest BCUT2D eigenvalue weighted by Gasteiger charge is 2.41. The molecule has 1 saturated carbocycles. The second kappa shape index (κ2) is 6.37. The van der Waals surface area contributed by atoms with Gasteiger partial charge in [-0.05, 0) is 45.1 Å². The normalized spacial score (nSPS) is 25.1. The standard InChI is InChI=1S/C18H27NO2/c1-14(9-12-20)19-16-13-18(10-5-2-6-11-18)21-17-8-4-3-7-15(16)17/h3-4,7-8,14,16,19-20H,2,5-6,9-13H2,1H3/t14-,16?/m1/s1. The van der Waals surface area contributed by atoms with Gasteiger partial charge in [0, 0.05) is 30.7 Å². The molecule has 1 aliphatic carbocycles. The van der Waals surface area contributed by atoms with Crippen molar-refractivity contribution in [1.82, 2.24) is 5.32 Å². The first-order valence-electron chi connectivity index (χ1n) is 8.37. The van der Waals surface area contributed by atoms with Crippen molar-refractivity contribution < 1.29 is 9.84 Å². The van der Waals surface area contributed by atoms with Crippen molar-refractivity contribution >= 4 is 0 Å². The summed E-state index contributed by atoms with van der Waals surface area (Å²) < 4.78 is 6.44. The number of hydrogen-bond donors (Lipinski definition) is 2. The molecule has 0 aromatic heterocycles. The summed E-state index contributed by atoms with van der Waals surface area (Å²) in [6.45, 7) is 2.39. The fourth-order valence-corrected chi connectivity index (χ4v) is 3.89. The Labute approximate surface area is 127 Å². The van der Waals surface area contributed by atoms with Crippen molar-refractivity contribution in [2.75, 3.05) is 6.61 Å². The molecule has 0 saturated heterocycles. The number of ether oxygens (including phenoxy) is 1. The van der Waals surface area contributed by atoms with Gasteiger partial charge in [-0.3, -0.25) is 0 Å². The van der Waals surface area contributed by atoms with Gasteiger partial charge >= 0.3 is 0 Å². The van der Waals surface area contributed by atoms with Crippen molar-refractivity contribution in [3.8, 4) is 5.75 Å². The predicted molar refractivity (Wildman–Crippen MR) is 84.5 cm³/mol. The molecule has 1 unspecified atom stereocenters. The zero-order valence-corrected chi connectivity index (χ0v) is 13.0. The quantitative estimate of drug-likeness (QED) is 0.890. The fourth-order valence-electron chi connectivity index (χ4n) is 3.89. The molecule has 3 rings (SSSR count). The zero-order valence-electron chi connectivity index (χ0n) is 13.0. The first-order valence-corrected chi connectivity index (χ1v) is 8.37. The molecule has 1 aromatic carbocycles. The average molecular weight is 289 g/mol. The predicted octanol–water partition coefficient (Wildman–Crippen LogP) is 3.57. The van der Waals surface area contributed by atoms with Crippen molar-refractivity contribution in [2.24, 2.45) is 0 Å². The molecule has 0 radical (unpaired) electrons. The van der Waals surface area contributed by atoms with Crippen LogP contribution in [0.1, 0.15) is 63.5 Å². The third kappa shape index (κ3) is 3.24. The minimum atomic E-state index is 0.0310. The molecular weight excluding hydrogens is 262 g/mol. The van der Waals surface area contributed by atoms with Crippen LogP contribution < -0.4 is 10.1 Å². The van der Waals surface area contributed by atoms with Gasteiger partial charge in [0.2, 0.25) is 0 Å². The molecule has 1 heterocycles. The lowest BCUT2D eigenvalue weighted by Crippen LogP contribution is -2.47. The molecule has 1 fully saturated rings. The summed E-state index contributed by atoms with van der Waals surface area (Å²) >= 11 is 0. The van der Waals surface area contributed by atoms with Crippen LogP contribution in [0.4, 0.5) is 0 Å². The van der Waals surface area contributed by atoms with Crippen molar-refractivity contribution in [3.05, 3.63) is 29.8 Å². The smallest absolute Gasteiger partial charge is 0.124 e. The number of aliphatic hydroxyl groups is 1. The zero-order chi connectivity index (χ0) is 14.7. The Morgan fingerprint density at radius 3 is 2.81 bits per heavy atom. The van der Waals surface area contributed by atoms with Gasteiger partial charge in [-0.15, -0.1) is 0 Å². The van der Waals surface area contributed by atoms with E-state index >= 15 is 0 Å². The minimum Gasteiger partial charge on any atom is -0.487 e. The van der Waals surface area contributed by atoms with Crippen LogP contribution in [0.5, 0.6) is 5.75 Å². The van der Waals surface area contributed by atoms with Gasteiger partial charge < -0.3 is 15.2 Å². The number of hydrogen-bond acceptors (Lipinski definition) is 3. The Morgan fingerprint density at radius 2 is 2.05 bits per heavy atom. The van der Waals surface area contributed by atoms with Crippen molar-refractivity contribution in [1.29, 1.82) is 0 Å². The Balaban J connectivity index is 1.83. The number of fused-ring (bicyclic) bond motifs is 1. The molecular formula is C18H27NO2. The summed E-state index contributed by atoms with van der Waals surface area (Å²) in [4.78, 5) is 0. The summed E-state index contributed by atoms with van der Waals surface area (Å²) in [5.74, 6) is 1.05. The number of para-hydroxylation sites is 1. The van der Waals surface area contributed by atoms with E-state index in [9.17, 15) is 0 Å². The maximum atomic E-state index is 9.14. The highest BCUT2D eigenvalue weighted by molar-refractivity contribution is 5.39. The van der Waals surface area contributed by atoms with Gasteiger partial charge in [0.25, 0.3) is 0 Å². The van der Waals surface area contributed by atoms with Crippen LogP contribution in [0.3, 0.4) is 0 Å². The summed E-state index contributed by atoms with van der Waals surface area (Å²) in [5, 5.41) is 12.8. The van der Waals surface area contributed by atoms with Crippen LogP contribution in [0.25, 0.3) is 0 Å². The molecule has 1 aromatic rings. The van der Waals surface area contributed by atoms with Crippen LogP contribution in [0.2, 0.25) is 0 Å². The largest absolute Gasteiger partial charge is 0.487 e. The Morgan fingerprint density at radius 1 is 1.29 bits per heavy atom. The summed E-state index contributed by atoms with van der Waals surface area (Å²) in [6.07, 6.45) is 8.10. The molecule has 2 aliphatic rings. The molecule has 116 valence electrons. The van der Waals surface area contributed by atoms with E-state index in [0.29, 0.717) is 12.1 Å². The maximum absolute atomic E-state index is 9.14. The van der Waals surface area contributed by atoms with Gasteiger partial charge in [0.05, 0.1) is 0 Å². The van der Waals surface area contributed by atoms with E-state index in [-0.39, 0.29) is 12.2 Å². The lowest BCUT2D eigenvalue weighted by Gasteiger charge is -2.45. The van der Waals surface area contributed by atoms with Crippen LogP contribution >= 0.6 is 0 Å². The molecule has 3 heteroatoms. The molecule has 1 spiro atoms. The third-order valence-corrected chi connectivity index (χ3v) is 5.01. The number of aliphatic hydroxyl groups excluding tert-OH is 1. The Bertz CT molecular complexity index is 468. The number of nitrogens with one attached hydrogen (secondary N) is 1. The van der Waals surface area contributed by atoms with Crippen LogP contribution in [0.15, 0.2) is 24.3 Å². The van der Waals surface area contributed by atoms with Gasteiger partial charge in [0.15, 0.2) is 0 Å². The lowest BCUT2D eigenvalue weighted by atomic mass is 9.77.